The van der Waals surface area contributed by atoms with Gasteiger partial charge in [-0.15, -0.1) is 10.2 Å². The molecule has 68 heavy (non-hydrogen) atoms. The highest BCUT2D eigenvalue weighted by atomic mass is 19.2. The van der Waals surface area contributed by atoms with Crippen LogP contribution in [0.1, 0.15) is 126 Å². The summed E-state index contributed by atoms with van der Waals surface area (Å²) in [7, 11) is 0. The van der Waals surface area contributed by atoms with Crippen LogP contribution in [0.5, 0.6) is 0 Å². The largest absolute Gasteiger partial charge is 0.399 e. The Balaban J connectivity index is 1.06. The third-order valence-corrected chi connectivity index (χ3v) is 13.8. The SMILES string of the molecule is CCCCC(CC)CC1c2cc(N)ccc2-c2ccc(Nc3c(F)c(F)c(N=Nc4c(F)c(F)c(Nc5ccc6c(c5)C(CC(CC)CCCC)c5cc(N)ccc5-6)c(F)c4F)c(F)c3F)cc21. The lowest BCUT2D eigenvalue weighted by Gasteiger charge is -2.22. The van der Waals surface area contributed by atoms with E-state index in [1.807, 2.05) is 24.3 Å². The lowest BCUT2D eigenvalue weighted by atomic mass is 9.83. The molecule has 0 saturated heterocycles. The summed E-state index contributed by atoms with van der Waals surface area (Å²) >= 11 is 0. The molecule has 0 amide bonds. The minimum atomic E-state index is -2.07. The Labute approximate surface area is 391 Å². The minimum Gasteiger partial charge on any atom is -0.399 e. The van der Waals surface area contributed by atoms with Crippen LogP contribution in [0.25, 0.3) is 22.3 Å². The van der Waals surface area contributed by atoms with Crippen molar-refractivity contribution in [1.29, 1.82) is 0 Å². The molecule has 0 aromatic heterocycles. The van der Waals surface area contributed by atoms with Gasteiger partial charge in [-0.2, -0.15) is 0 Å². The quantitative estimate of drug-likeness (QED) is 0.0298. The van der Waals surface area contributed by atoms with E-state index in [1.165, 1.54) is 12.1 Å². The predicted octanol–water partition coefficient (Wildman–Crippen LogP) is 17.3. The highest BCUT2D eigenvalue weighted by molar-refractivity contribution is 5.84. The summed E-state index contributed by atoms with van der Waals surface area (Å²) in [6.07, 6.45) is 9.66. The molecule has 0 spiro atoms. The lowest BCUT2D eigenvalue weighted by molar-refractivity contribution is 0.405. The Kier molecular flexibility index (Phi) is 14.1. The average molecular weight is 939 g/mol. The fourth-order valence-electron chi connectivity index (χ4n) is 10.1. The van der Waals surface area contributed by atoms with Gasteiger partial charge in [0.2, 0.25) is 0 Å². The summed E-state index contributed by atoms with van der Waals surface area (Å²) in [6, 6.07) is 21.1. The van der Waals surface area contributed by atoms with Crippen molar-refractivity contribution < 1.29 is 35.1 Å². The van der Waals surface area contributed by atoms with Crippen molar-refractivity contribution in [2.75, 3.05) is 22.1 Å². The van der Waals surface area contributed by atoms with Crippen molar-refractivity contribution in [3.63, 3.8) is 0 Å². The van der Waals surface area contributed by atoms with Gasteiger partial charge in [0.05, 0.1) is 0 Å². The van der Waals surface area contributed by atoms with E-state index in [0.29, 0.717) is 23.2 Å². The molecule has 14 heteroatoms. The number of azo groups is 1. The first-order chi connectivity index (χ1) is 32.7. The van der Waals surface area contributed by atoms with Crippen LogP contribution in [0.15, 0.2) is 83.0 Å². The molecule has 0 saturated carbocycles. The van der Waals surface area contributed by atoms with Crippen LogP contribution in [0.4, 0.5) is 80.6 Å². The van der Waals surface area contributed by atoms with Gasteiger partial charge in [-0.3, -0.25) is 0 Å². The summed E-state index contributed by atoms with van der Waals surface area (Å²) in [4.78, 5) is 0. The number of benzene rings is 6. The maximum atomic E-state index is 15.7. The first-order valence-corrected chi connectivity index (χ1v) is 23.4. The maximum Gasteiger partial charge on any atom is 0.191 e. The smallest absolute Gasteiger partial charge is 0.191 e. The van der Waals surface area contributed by atoms with Crippen LogP contribution in [-0.4, -0.2) is 0 Å². The minimum absolute atomic E-state index is 0.108. The molecule has 6 aromatic rings. The first-order valence-electron chi connectivity index (χ1n) is 23.4. The van der Waals surface area contributed by atoms with Crippen molar-refractivity contribution in [3.8, 4) is 22.3 Å². The number of nitrogens with two attached hydrogens (primary N) is 2. The average Bonchev–Trinajstić information content (AvgIpc) is 3.80. The van der Waals surface area contributed by atoms with Crippen LogP contribution in [-0.2, 0) is 0 Å². The number of hydrogen-bond donors (Lipinski definition) is 4. The van der Waals surface area contributed by atoms with Crippen LogP contribution in [0.3, 0.4) is 0 Å². The van der Waals surface area contributed by atoms with E-state index in [-0.39, 0.29) is 23.2 Å². The molecule has 0 aliphatic heterocycles. The van der Waals surface area contributed by atoms with E-state index in [4.69, 9.17) is 11.5 Å². The number of rotatable bonds is 18. The molecule has 356 valence electrons. The molecule has 0 heterocycles. The molecule has 4 unspecified atom stereocenters. The van der Waals surface area contributed by atoms with Gasteiger partial charge in [-0.05, 0) is 118 Å². The highest BCUT2D eigenvalue weighted by Gasteiger charge is 2.34. The van der Waals surface area contributed by atoms with Crippen molar-refractivity contribution in [3.05, 3.63) is 142 Å². The summed E-state index contributed by atoms with van der Waals surface area (Å²) in [6.45, 7) is 8.51. The van der Waals surface area contributed by atoms with E-state index in [0.717, 1.165) is 109 Å². The van der Waals surface area contributed by atoms with Crippen LogP contribution in [0, 0.1) is 58.4 Å². The van der Waals surface area contributed by atoms with E-state index >= 15 is 35.1 Å². The Hall–Kier alpha value is -6.44. The second-order valence-corrected chi connectivity index (χ2v) is 18.1. The number of fused-ring (bicyclic) bond motifs is 6. The third kappa shape index (κ3) is 9.01. The number of anilines is 6. The topological polar surface area (TPSA) is 101 Å². The van der Waals surface area contributed by atoms with Crippen molar-refractivity contribution in [1.82, 2.24) is 0 Å². The monoisotopic (exact) mass is 938 g/mol. The molecule has 0 bridgehead atoms. The van der Waals surface area contributed by atoms with Gasteiger partial charge in [0.1, 0.15) is 11.4 Å². The Morgan fingerprint density at radius 2 is 0.779 bits per heavy atom. The van der Waals surface area contributed by atoms with Gasteiger partial charge < -0.3 is 22.1 Å². The van der Waals surface area contributed by atoms with E-state index in [9.17, 15) is 0 Å². The van der Waals surface area contributed by atoms with Crippen LogP contribution < -0.4 is 22.1 Å². The zero-order valence-corrected chi connectivity index (χ0v) is 38.4. The number of hydrogen-bond acceptors (Lipinski definition) is 6. The second kappa shape index (κ2) is 20.0. The molecular formula is C54H54F8N6. The van der Waals surface area contributed by atoms with E-state index in [1.54, 1.807) is 36.4 Å². The van der Waals surface area contributed by atoms with Gasteiger partial charge in [0.25, 0.3) is 0 Å². The Morgan fingerprint density at radius 1 is 0.456 bits per heavy atom. The highest BCUT2D eigenvalue weighted by Crippen LogP contribution is 2.52. The molecular weight excluding hydrogens is 885 g/mol. The summed E-state index contributed by atoms with van der Waals surface area (Å²) in [5.74, 6) is -15.5. The molecule has 8 rings (SSSR count). The van der Waals surface area contributed by atoms with Gasteiger partial charge in [0, 0.05) is 34.6 Å². The van der Waals surface area contributed by atoms with Gasteiger partial charge in [-0.1, -0.05) is 103 Å². The lowest BCUT2D eigenvalue weighted by Crippen LogP contribution is -2.08. The van der Waals surface area contributed by atoms with Crippen LogP contribution >= 0.6 is 0 Å². The van der Waals surface area contributed by atoms with Gasteiger partial charge in [0.15, 0.2) is 57.9 Å². The molecule has 6 nitrogen and oxygen atoms in total. The molecule has 6 N–H and O–H groups in total. The van der Waals surface area contributed by atoms with Crippen molar-refractivity contribution in [2.24, 2.45) is 22.1 Å². The zero-order valence-electron chi connectivity index (χ0n) is 38.4. The summed E-state index contributed by atoms with van der Waals surface area (Å²) in [5.41, 5.74) is 15.3. The first kappa shape index (κ1) is 48.0. The van der Waals surface area contributed by atoms with Crippen LogP contribution in [0.2, 0.25) is 0 Å². The standard InChI is InChI=1S/C54H54F8N6/c1-5-9-11-27(7-3)21-37-39-23-29(63)13-17-33(39)35-19-15-31(25-41(35)37)65-51-43(55)47(59)53(48(60)44(51)56)67-68-54-49(61)45(57)52(46(58)50(54)62)66-32-16-20-36-34-18-14-30(64)24-40(34)38(42(36)26-32)22-28(8-4)12-10-6-2/h13-20,23-28,37-38,65-66H,5-12,21-22,63-64H2,1-4H3. The van der Waals surface area contributed by atoms with Gasteiger partial charge in [-0.25, -0.2) is 35.1 Å². The fraction of sp³-hybridized carbons (Fsp3) is 0.333. The molecule has 0 fully saturated rings. The maximum absolute atomic E-state index is 15.7. The van der Waals surface area contributed by atoms with Crippen molar-refractivity contribution >= 4 is 45.5 Å². The number of nitrogens with one attached hydrogen (secondary N) is 2. The summed E-state index contributed by atoms with van der Waals surface area (Å²) in [5, 5.41) is 11.0. The number of unbranched alkanes of at least 4 members (excludes halogenated alkanes) is 2. The Bertz CT molecular complexity index is 2660. The third-order valence-electron chi connectivity index (χ3n) is 13.8. The van der Waals surface area contributed by atoms with E-state index in [2.05, 4.69) is 48.6 Å². The number of halogens is 8. The molecule has 2 aliphatic rings. The number of nitrogens with zero attached hydrogens (tertiary/aromatic N) is 2. The Morgan fingerprint density at radius 3 is 1.10 bits per heavy atom. The molecule has 0 radical (unpaired) electrons. The number of nitrogen functional groups attached to an aromatic ring is 2. The van der Waals surface area contributed by atoms with Crippen molar-refractivity contribution in [2.45, 2.75) is 104 Å². The molecule has 2 aliphatic carbocycles. The second-order valence-electron chi connectivity index (χ2n) is 18.1. The fourth-order valence-corrected chi connectivity index (χ4v) is 10.1. The summed E-state index contributed by atoms with van der Waals surface area (Å²) < 4.78 is 125. The molecule has 6 aromatic carbocycles. The molecule has 4 atom stereocenters. The normalized spacial score (nSPS) is 15.6. The zero-order chi connectivity index (χ0) is 48.6. The van der Waals surface area contributed by atoms with E-state index < -0.39 is 69.3 Å². The predicted molar refractivity (Wildman–Crippen MR) is 255 cm³/mol. The van der Waals surface area contributed by atoms with Gasteiger partial charge >= 0.3 is 0 Å².